The molecular weight excluding hydrogens is 454 g/mol. The number of unbranched alkanes of at least 4 members (excludes halogenated alkanes) is 2. The molecule has 1 amide bonds. The molecule has 0 aliphatic carbocycles. The van der Waals surface area contributed by atoms with Crippen LogP contribution in [0.15, 0.2) is 41.3 Å². The van der Waals surface area contributed by atoms with Crippen LogP contribution in [0.1, 0.15) is 32.1 Å². The van der Waals surface area contributed by atoms with E-state index < -0.39 is 22.0 Å². The third kappa shape index (κ3) is 7.86. The number of rotatable bonds is 14. The molecule has 0 radical (unpaired) electrons. The third-order valence-corrected chi connectivity index (χ3v) is 6.86. The van der Waals surface area contributed by atoms with Gasteiger partial charge in [0.25, 0.3) is 10.0 Å². The third-order valence-electron chi connectivity index (χ3n) is 5.45. The fraction of sp³-hybridized carbons (Fsp3) is 0.478. The van der Waals surface area contributed by atoms with E-state index in [4.69, 9.17) is 16.9 Å². The molecule has 0 spiro atoms. The lowest BCUT2D eigenvalue weighted by Gasteiger charge is -2.18. The second-order valence-electron chi connectivity index (χ2n) is 8.33. The fourth-order valence-electron chi connectivity index (χ4n) is 3.70. The van der Waals surface area contributed by atoms with Gasteiger partial charge in [-0.3, -0.25) is 10.2 Å². The Balaban J connectivity index is 1.91. The van der Waals surface area contributed by atoms with Gasteiger partial charge in [-0.25, -0.2) is 13.1 Å². The molecule has 0 unspecified atom stereocenters. The summed E-state index contributed by atoms with van der Waals surface area (Å²) in [4.78, 5) is 13.7. The highest BCUT2D eigenvalue weighted by Crippen LogP contribution is 2.30. The van der Waals surface area contributed by atoms with Gasteiger partial charge in [0, 0.05) is 37.1 Å². The van der Waals surface area contributed by atoms with Gasteiger partial charge in [0.05, 0.1) is 10.9 Å². The van der Waals surface area contributed by atoms with Crippen LogP contribution in [0.5, 0.6) is 0 Å². The summed E-state index contributed by atoms with van der Waals surface area (Å²) < 4.78 is 28.2. The smallest absolute Gasteiger partial charge is 0.264 e. The Bertz CT molecular complexity index is 1070. The maximum atomic E-state index is 13.0. The molecule has 2 aromatic rings. The molecular formula is C23H37N7O3S. The average Bonchev–Trinajstić information content (AvgIpc) is 2.78. The molecule has 1 atom stereocenters. The second-order valence-corrected chi connectivity index (χ2v) is 9.98. The minimum atomic E-state index is -3.97. The first-order chi connectivity index (χ1) is 16.2. The van der Waals surface area contributed by atoms with Crippen molar-refractivity contribution in [2.24, 2.45) is 11.5 Å². The van der Waals surface area contributed by atoms with Crippen molar-refractivity contribution in [1.82, 2.24) is 15.4 Å². The van der Waals surface area contributed by atoms with Gasteiger partial charge >= 0.3 is 0 Å². The number of sulfonamides is 1. The number of primary amides is 1. The first-order valence-electron chi connectivity index (χ1n) is 11.4. The number of carbonyl (C=O) groups excluding carboxylic acids is 1. The van der Waals surface area contributed by atoms with Crippen molar-refractivity contribution in [2.75, 3.05) is 38.6 Å². The molecule has 0 aromatic heterocycles. The van der Waals surface area contributed by atoms with Gasteiger partial charge in [0.15, 0.2) is 0 Å². The van der Waals surface area contributed by atoms with Crippen molar-refractivity contribution in [3.05, 3.63) is 36.4 Å². The minimum absolute atomic E-state index is 0.105. The molecule has 0 saturated heterocycles. The summed E-state index contributed by atoms with van der Waals surface area (Å²) in [6, 6.07) is 10.1. The Labute approximate surface area is 202 Å². The zero-order chi connectivity index (χ0) is 25.1. The van der Waals surface area contributed by atoms with Gasteiger partial charge in [-0.05, 0) is 50.9 Å². The van der Waals surface area contributed by atoms with Gasteiger partial charge in [0.2, 0.25) is 11.9 Å². The van der Waals surface area contributed by atoms with Crippen LogP contribution in [0.4, 0.5) is 5.69 Å². The molecule has 188 valence electrons. The van der Waals surface area contributed by atoms with E-state index in [0.717, 1.165) is 30.3 Å². The normalized spacial score (nSPS) is 12.3. The number of nitrogens with zero attached hydrogens (tertiary/aromatic N) is 1. The molecule has 10 nitrogen and oxygen atoms in total. The van der Waals surface area contributed by atoms with Gasteiger partial charge in [-0.1, -0.05) is 30.7 Å². The van der Waals surface area contributed by atoms with Gasteiger partial charge in [0.1, 0.15) is 0 Å². The quantitative estimate of drug-likeness (QED) is 0.130. The van der Waals surface area contributed by atoms with Crippen LogP contribution in [-0.4, -0.2) is 60.1 Å². The van der Waals surface area contributed by atoms with Crippen molar-refractivity contribution in [1.29, 1.82) is 5.41 Å². The highest BCUT2D eigenvalue weighted by atomic mass is 32.2. The van der Waals surface area contributed by atoms with E-state index in [1.54, 1.807) is 12.1 Å². The number of guanidine groups is 1. The lowest BCUT2D eigenvalue weighted by atomic mass is 10.1. The number of benzene rings is 2. The largest absolute Gasteiger partial charge is 0.377 e. The van der Waals surface area contributed by atoms with Crippen LogP contribution in [0.2, 0.25) is 0 Å². The van der Waals surface area contributed by atoms with Crippen LogP contribution < -0.4 is 31.7 Å². The highest BCUT2D eigenvalue weighted by molar-refractivity contribution is 7.90. The van der Waals surface area contributed by atoms with E-state index in [-0.39, 0.29) is 10.9 Å². The van der Waals surface area contributed by atoms with Crippen molar-refractivity contribution in [2.45, 2.75) is 43.0 Å². The number of fused-ring (bicyclic) bond motifs is 1. The standard InChI is InChI=1S/C23H37N7O3S/c1-30(2)20-12-6-10-18-17(20)9-7-13-21(18)34(32,33)29-23(26)28-16-8-11-19(22(25)31)27-15-5-3-4-14-24/h6-7,9-10,12-13,19,27H,3-5,8,11,14-16,24H2,1-2H3,(H2,25,31)(H3,26,28,29)/t19-/m0/s1. The summed E-state index contributed by atoms with van der Waals surface area (Å²) >= 11 is 0. The number of hydrogen-bond acceptors (Lipinski definition) is 7. The van der Waals surface area contributed by atoms with E-state index in [0.29, 0.717) is 37.9 Å². The summed E-state index contributed by atoms with van der Waals surface area (Å²) in [5.41, 5.74) is 11.8. The molecule has 11 heteroatoms. The number of anilines is 1. The van der Waals surface area contributed by atoms with E-state index in [1.807, 2.05) is 37.2 Å². The molecule has 2 aromatic carbocycles. The van der Waals surface area contributed by atoms with Gasteiger partial charge < -0.3 is 27.0 Å². The van der Waals surface area contributed by atoms with E-state index in [1.165, 1.54) is 6.07 Å². The van der Waals surface area contributed by atoms with Crippen LogP contribution >= 0.6 is 0 Å². The molecule has 0 aliphatic rings. The maximum absolute atomic E-state index is 13.0. The van der Waals surface area contributed by atoms with Crippen LogP contribution in [0.3, 0.4) is 0 Å². The number of amides is 1. The van der Waals surface area contributed by atoms with Gasteiger partial charge in [-0.15, -0.1) is 0 Å². The molecule has 8 N–H and O–H groups in total. The highest BCUT2D eigenvalue weighted by Gasteiger charge is 2.20. The zero-order valence-electron chi connectivity index (χ0n) is 19.9. The Morgan fingerprint density at radius 1 is 1.03 bits per heavy atom. The summed E-state index contributed by atoms with van der Waals surface area (Å²) in [5.74, 6) is -0.756. The van der Waals surface area contributed by atoms with Crippen LogP contribution in [0.25, 0.3) is 10.8 Å². The first-order valence-corrected chi connectivity index (χ1v) is 12.9. The average molecular weight is 492 g/mol. The monoisotopic (exact) mass is 491 g/mol. The molecule has 34 heavy (non-hydrogen) atoms. The Morgan fingerprint density at radius 3 is 2.41 bits per heavy atom. The summed E-state index contributed by atoms with van der Waals surface area (Å²) in [6.45, 7) is 1.65. The molecule has 0 fully saturated rings. The Kier molecular flexibility index (Phi) is 10.6. The topological polar surface area (TPSA) is 166 Å². The summed E-state index contributed by atoms with van der Waals surface area (Å²) in [7, 11) is -0.172. The van der Waals surface area contributed by atoms with E-state index in [2.05, 4.69) is 15.4 Å². The molecule has 2 rings (SSSR count). The maximum Gasteiger partial charge on any atom is 0.264 e. The number of carbonyl (C=O) groups is 1. The van der Waals surface area contributed by atoms with Crippen molar-refractivity contribution < 1.29 is 13.2 Å². The Hall–Kier alpha value is -2.89. The summed E-state index contributed by atoms with van der Waals surface area (Å²) in [6.07, 6.45) is 3.86. The van der Waals surface area contributed by atoms with E-state index >= 15 is 0 Å². The second kappa shape index (κ2) is 13.1. The molecule has 0 aliphatic heterocycles. The predicted molar refractivity (Wildman–Crippen MR) is 137 cm³/mol. The van der Waals surface area contributed by atoms with Crippen molar-refractivity contribution >= 4 is 38.3 Å². The SMILES string of the molecule is CN(C)c1cccc2c(S(=O)(=O)NC(=N)NCCC[C@H](NCCCCCN)C(N)=O)cccc12. The molecule has 0 bridgehead atoms. The molecule has 0 heterocycles. The lowest BCUT2D eigenvalue weighted by Crippen LogP contribution is -2.43. The van der Waals surface area contributed by atoms with Crippen molar-refractivity contribution in [3.8, 4) is 0 Å². The van der Waals surface area contributed by atoms with Crippen LogP contribution in [-0.2, 0) is 14.8 Å². The van der Waals surface area contributed by atoms with E-state index in [9.17, 15) is 13.2 Å². The van der Waals surface area contributed by atoms with Crippen LogP contribution in [0, 0.1) is 5.41 Å². The van der Waals surface area contributed by atoms with Gasteiger partial charge in [-0.2, -0.15) is 0 Å². The minimum Gasteiger partial charge on any atom is -0.377 e. The number of nitrogens with one attached hydrogen (secondary N) is 4. The Morgan fingerprint density at radius 2 is 1.74 bits per heavy atom. The first kappa shape index (κ1) is 27.4. The number of nitrogens with two attached hydrogens (primary N) is 2. The molecule has 0 saturated carbocycles. The zero-order valence-corrected chi connectivity index (χ0v) is 20.7. The number of hydrogen-bond donors (Lipinski definition) is 6. The predicted octanol–water partition coefficient (Wildman–Crippen LogP) is 1.06. The fourth-order valence-corrected chi connectivity index (χ4v) is 4.88. The lowest BCUT2D eigenvalue weighted by molar-refractivity contribution is -0.120. The summed E-state index contributed by atoms with van der Waals surface area (Å²) in [5, 5.41) is 15.3. The van der Waals surface area contributed by atoms with Crippen molar-refractivity contribution in [3.63, 3.8) is 0 Å².